The van der Waals surface area contributed by atoms with E-state index in [9.17, 15) is 5.11 Å². The molecule has 0 fully saturated rings. The van der Waals surface area contributed by atoms with Crippen LogP contribution in [-0.4, -0.2) is 36.7 Å². The lowest BCUT2D eigenvalue weighted by Gasteiger charge is -2.20. The summed E-state index contributed by atoms with van der Waals surface area (Å²) in [5.74, 6) is 0.726. The zero-order valence-corrected chi connectivity index (χ0v) is 12.9. The van der Waals surface area contributed by atoms with Gasteiger partial charge in [-0.3, -0.25) is 0 Å². The van der Waals surface area contributed by atoms with Crippen LogP contribution in [0.3, 0.4) is 0 Å². The second kappa shape index (κ2) is 8.59. The fraction of sp³-hybridized carbons (Fsp3) is 0.600. The first-order valence-electron chi connectivity index (χ1n) is 6.71. The maximum absolute atomic E-state index is 10.0. The lowest BCUT2D eigenvalue weighted by atomic mass is 10.1. The molecule has 0 bridgehead atoms. The van der Waals surface area contributed by atoms with Gasteiger partial charge in [0.25, 0.3) is 0 Å². The van der Waals surface area contributed by atoms with Gasteiger partial charge in [-0.1, -0.05) is 19.1 Å². The van der Waals surface area contributed by atoms with Crippen molar-refractivity contribution in [1.29, 1.82) is 0 Å². The summed E-state index contributed by atoms with van der Waals surface area (Å²) < 4.78 is 5.00. The Kier molecular flexibility index (Phi) is 7.46. The molecule has 0 spiro atoms. The fourth-order valence-electron chi connectivity index (χ4n) is 1.49. The van der Waals surface area contributed by atoms with Gasteiger partial charge in [-0.2, -0.15) is 0 Å². The number of hydrogen-bond acceptors (Lipinski definition) is 4. The molecule has 1 rings (SSSR count). The normalized spacial score (nSPS) is 14.3. The third-order valence-electron chi connectivity index (χ3n) is 3.02. The quantitative estimate of drug-likeness (QED) is 0.540. The van der Waals surface area contributed by atoms with Crippen LogP contribution in [0.4, 0.5) is 0 Å². The van der Waals surface area contributed by atoms with Crippen LogP contribution in [-0.2, 0) is 11.3 Å². The number of ether oxygens (including phenoxy) is 1. The molecule has 1 unspecified atom stereocenters. The number of rotatable bonds is 9. The molecule has 3 nitrogen and oxygen atoms in total. The van der Waals surface area contributed by atoms with Crippen molar-refractivity contribution < 1.29 is 9.84 Å². The van der Waals surface area contributed by atoms with E-state index in [1.165, 1.54) is 10.5 Å². The van der Waals surface area contributed by atoms with Gasteiger partial charge in [-0.05, 0) is 31.0 Å². The Hall–Kier alpha value is -0.550. The second-order valence-corrected chi connectivity index (χ2v) is 6.00. The van der Waals surface area contributed by atoms with E-state index >= 15 is 0 Å². The van der Waals surface area contributed by atoms with E-state index in [2.05, 4.69) is 29.6 Å². The maximum atomic E-state index is 10.0. The summed E-state index contributed by atoms with van der Waals surface area (Å²) in [7, 11) is 1.71. The molecule has 0 aliphatic heterocycles. The van der Waals surface area contributed by atoms with Crippen molar-refractivity contribution in [2.45, 2.75) is 37.3 Å². The molecule has 1 aromatic rings. The van der Waals surface area contributed by atoms with Crippen LogP contribution in [0.1, 0.15) is 25.8 Å². The highest BCUT2D eigenvalue weighted by molar-refractivity contribution is 7.99. The Balaban J connectivity index is 2.43. The molecule has 108 valence electrons. The lowest BCUT2D eigenvalue weighted by Crippen LogP contribution is -2.25. The highest BCUT2D eigenvalue weighted by Gasteiger charge is 2.17. The van der Waals surface area contributed by atoms with Crippen LogP contribution in [0.15, 0.2) is 29.2 Å². The van der Waals surface area contributed by atoms with Gasteiger partial charge in [-0.25, -0.2) is 0 Å². The third kappa shape index (κ3) is 6.97. The molecular formula is C15H25NO2S. The second-order valence-electron chi connectivity index (χ2n) is 4.96. The molecular weight excluding hydrogens is 258 g/mol. The van der Waals surface area contributed by atoms with Crippen molar-refractivity contribution in [2.24, 2.45) is 0 Å². The predicted molar refractivity (Wildman–Crippen MR) is 81.7 cm³/mol. The minimum absolute atomic E-state index is 0.586. The smallest absolute Gasteiger partial charge is 0.0710 e. The molecule has 4 heteroatoms. The van der Waals surface area contributed by atoms with E-state index in [4.69, 9.17) is 4.74 Å². The summed E-state index contributed by atoms with van der Waals surface area (Å²) in [6, 6.07) is 8.45. The number of thioether (sulfide) groups is 1. The van der Waals surface area contributed by atoms with Gasteiger partial charge in [0.2, 0.25) is 0 Å². The van der Waals surface area contributed by atoms with Gasteiger partial charge in [0.1, 0.15) is 0 Å². The van der Waals surface area contributed by atoms with Crippen LogP contribution in [0.2, 0.25) is 0 Å². The minimum atomic E-state index is -0.586. The summed E-state index contributed by atoms with van der Waals surface area (Å²) in [6.45, 7) is 6.33. The van der Waals surface area contributed by atoms with E-state index in [1.807, 2.05) is 13.8 Å². The SMILES string of the molecule is CCC(C)(O)CSc1cccc(CNCCOC)c1. The fourth-order valence-corrected chi connectivity index (χ4v) is 2.58. The first-order chi connectivity index (χ1) is 9.07. The van der Waals surface area contributed by atoms with Crippen LogP contribution in [0.25, 0.3) is 0 Å². The molecule has 0 saturated heterocycles. The Morgan fingerprint density at radius 2 is 2.21 bits per heavy atom. The monoisotopic (exact) mass is 283 g/mol. The lowest BCUT2D eigenvalue weighted by molar-refractivity contribution is 0.0816. The summed E-state index contributed by atoms with van der Waals surface area (Å²) in [5, 5.41) is 13.3. The number of benzene rings is 1. The molecule has 0 aromatic heterocycles. The molecule has 2 N–H and O–H groups in total. The van der Waals surface area contributed by atoms with Gasteiger partial charge in [-0.15, -0.1) is 11.8 Å². The Morgan fingerprint density at radius 3 is 2.89 bits per heavy atom. The van der Waals surface area contributed by atoms with E-state index in [-0.39, 0.29) is 0 Å². The van der Waals surface area contributed by atoms with Crippen LogP contribution in [0.5, 0.6) is 0 Å². The van der Waals surface area contributed by atoms with Crippen molar-refractivity contribution in [1.82, 2.24) is 5.32 Å². The molecule has 0 aliphatic rings. The average molecular weight is 283 g/mol. The van der Waals surface area contributed by atoms with Crippen molar-refractivity contribution in [3.8, 4) is 0 Å². The standard InChI is InChI=1S/C15H25NO2S/c1-4-15(2,17)12-19-14-7-5-6-13(10-14)11-16-8-9-18-3/h5-7,10,16-17H,4,8-9,11-12H2,1-3H3. The molecule has 0 aliphatic carbocycles. The van der Waals surface area contributed by atoms with E-state index in [1.54, 1.807) is 18.9 Å². The van der Waals surface area contributed by atoms with E-state index < -0.39 is 5.60 Å². The number of aliphatic hydroxyl groups is 1. The Bertz CT molecular complexity index is 369. The highest BCUT2D eigenvalue weighted by atomic mass is 32.2. The van der Waals surface area contributed by atoms with E-state index in [0.717, 1.165) is 31.9 Å². The number of hydrogen-bond donors (Lipinski definition) is 2. The van der Waals surface area contributed by atoms with Crippen molar-refractivity contribution in [3.05, 3.63) is 29.8 Å². The van der Waals surface area contributed by atoms with Crippen LogP contribution in [0, 0.1) is 0 Å². The van der Waals surface area contributed by atoms with Gasteiger partial charge in [0, 0.05) is 30.8 Å². The van der Waals surface area contributed by atoms with Crippen molar-refractivity contribution in [3.63, 3.8) is 0 Å². The maximum Gasteiger partial charge on any atom is 0.0710 e. The van der Waals surface area contributed by atoms with Gasteiger partial charge >= 0.3 is 0 Å². The third-order valence-corrected chi connectivity index (χ3v) is 4.38. The van der Waals surface area contributed by atoms with Crippen LogP contribution >= 0.6 is 11.8 Å². The van der Waals surface area contributed by atoms with Crippen molar-refractivity contribution >= 4 is 11.8 Å². The number of methoxy groups -OCH3 is 1. The van der Waals surface area contributed by atoms with Gasteiger partial charge in [0.05, 0.1) is 12.2 Å². The molecule has 0 heterocycles. The molecule has 0 amide bonds. The molecule has 0 saturated carbocycles. The molecule has 0 radical (unpaired) electrons. The summed E-state index contributed by atoms with van der Waals surface area (Å²) in [4.78, 5) is 1.21. The number of nitrogens with one attached hydrogen (secondary N) is 1. The van der Waals surface area contributed by atoms with Gasteiger partial charge < -0.3 is 15.2 Å². The van der Waals surface area contributed by atoms with Gasteiger partial charge in [0.15, 0.2) is 0 Å². The Morgan fingerprint density at radius 1 is 1.42 bits per heavy atom. The summed E-state index contributed by atoms with van der Waals surface area (Å²) in [6.07, 6.45) is 0.776. The summed E-state index contributed by atoms with van der Waals surface area (Å²) in [5.41, 5.74) is 0.675. The molecule has 1 atom stereocenters. The zero-order chi connectivity index (χ0) is 14.1. The molecule has 1 aromatic carbocycles. The van der Waals surface area contributed by atoms with E-state index in [0.29, 0.717) is 0 Å². The first kappa shape index (κ1) is 16.5. The summed E-state index contributed by atoms with van der Waals surface area (Å²) >= 11 is 1.71. The minimum Gasteiger partial charge on any atom is -0.389 e. The average Bonchev–Trinajstić information content (AvgIpc) is 2.42. The van der Waals surface area contributed by atoms with Crippen LogP contribution < -0.4 is 5.32 Å². The highest BCUT2D eigenvalue weighted by Crippen LogP contribution is 2.25. The predicted octanol–water partition coefficient (Wildman–Crippen LogP) is 2.68. The molecule has 19 heavy (non-hydrogen) atoms. The first-order valence-corrected chi connectivity index (χ1v) is 7.70. The van der Waals surface area contributed by atoms with Crippen molar-refractivity contribution in [2.75, 3.05) is 26.0 Å². The Labute approximate surface area is 120 Å². The largest absolute Gasteiger partial charge is 0.389 e. The zero-order valence-electron chi connectivity index (χ0n) is 12.1. The topological polar surface area (TPSA) is 41.5 Å².